The number of benzene rings is 1. The van der Waals surface area contributed by atoms with Gasteiger partial charge in [0.25, 0.3) is 5.91 Å². The number of aromatic nitrogens is 1. The lowest BCUT2D eigenvalue weighted by atomic mass is 9.92. The van der Waals surface area contributed by atoms with Crippen molar-refractivity contribution >= 4 is 17.5 Å². The third-order valence-electron chi connectivity index (χ3n) is 5.89. The fraction of sp³-hybridized carbons (Fsp3) is 0.381. The molecule has 1 aromatic carbocycles. The van der Waals surface area contributed by atoms with Crippen LogP contribution in [0.5, 0.6) is 0 Å². The van der Waals surface area contributed by atoms with Crippen molar-refractivity contribution in [3.05, 3.63) is 59.9 Å². The largest absolute Gasteiger partial charge is 0.337 e. The summed E-state index contributed by atoms with van der Waals surface area (Å²) in [5.41, 5.74) is 2.35. The smallest absolute Gasteiger partial charge is 0.254 e. The van der Waals surface area contributed by atoms with Crippen LogP contribution >= 0.6 is 0 Å². The molecular formula is C21H24N4O2. The van der Waals surface area contributed by atoms with Gasteiger partial charge in [-0.05, 0) is 44.2 Å². The number of carbonyl (C=O) groups is 2. The van der Waals surface area contributed by atoms with Crippen molar-refractivity contribution in [2.75, 3.05) is 38.1 Å². The van der Waals surface area contributed by atoms with Gasteiger partial charge in [-0.3, -0.25) is 19.5 Å². The predicted molar refractivity (Wildman–Crippen MR) is 104 cm³/mol. The zero-order valence-electron chi connectivity index (χ0n) is 15.8. The lowest BCUT2D eigenvalue weighted by Crippen LogP contribution is -2.64. The van der Waals surface area contributed by atoms with Crippen LogP contribution < -0.4 is 4.90 Å². The SMILES string of the molecule is Cc1ccccc1C(=O)N1CC[C@]2(C1)CN(c1cccnc1)C(=O)CN2C. The summed E-state index contributed by atoms with van der Waals surface area (Å²) >= 11 is 0. The zero-order chi connectivity index (χ0) is 19.0. The molecule has 1 aromatic heterocycles. The molecule has 2 aliphatic heterocycles. The fourth-order valence-corrected chi connectivity index (χ4v) is 4.16. The molecule has 6 nitrogen and oxygen atoms in total. The first kappa shape index (κ1) is 17.7. The molecule has 2 amide bonds. The molecule has 2 aliphatic rings. The summed E-state index contributed by atoms with van der Waals surface area (Å²) in [6, 6.07) is 11.5. The van der Waals surface area contributed by atoms with E-state index in [2.05, 4.69) is 9.88 Å². The average Bonchev–Trinajstić information content (AvgIpc) is 3.11. The monoisotopic (exact) mass is 364 g/mol. The Morgan fingerprint density at radius 1 is 1.15 bits per heavy atom. The Morgan fingerprint density at radius 2 is 1.96 bits per heavy atom. The highest BCUT2D eigenvalue weighted by Crippen LogP contribution is 2.34. The molecular weight excluding hydrogens is 340 g/mol. The van der Waals surface area contributed by atoms with Gasteiger partial charge in [0, 0.05) is 31.4 Å². The second kappa shape index (κ2) is 6.78. The van der Waals surface area contributed by atoms with Crippen molar-refractivity contribution in [1.82, 2.24) is 14.8 Å². The van der Waals surface area contributed by atoms with Crippen LogP contribution in [0.15, 0.2) is 48.8 Å². The van der Waals surface area contributed by atoms with Gasteiger partial charge < -0.3 is 9.80 Å². The topological polar surface area (TPSA) is 56.8 Å². The molecule has 0 saturated carbocycles. The second-order valence-corrected chi connectivity index (χ2v) is 7.56. The minimum Gasteiger partial charge on any atom is -0.337 e. The minimum absolute atomic E-state index is 0.0693. The van der Waals surface area contributed by atoms with Gasteiger partial charge in [-0.1, -0.05) is 18.2 Å². The van der Waals surface area contributed by atoms with E-state index in [1.54, 1.807) is 12.4 Å². The number of hydrogen-bond donors (Lipinski definition) is 0. The van der Waals surface area contributed by atoms with Crippen molar-refractivity contribution in [3.63, 3.8) is 0 Å². The van der Waals surface area contributed by atoms with E-state index in [4.69, 9.17) is 0 Å². The number of aryl methyl sites for hydroxylation is 1. The zero-order valence-corrected chi connectivity index (χ0v) is 15.8. The molecule has 4 rings (SSSR count). The Hall–Kier alpha value is -2.73. The number of likely N-dealkylation sites (tertiary alicyclic amines) is 1. The standard InChI is InChI=1S/C21H24N4O2/c1-16-6-3-4-8-18(16)20(27)24-11-9-21(14-24)15-25(19(26)13-23(21)2)17-7-5-10-22-12-17/h3-8,10,12H,9,11,13-15H2,1-2H3/t21-/m0/s1. The molecule has 0 N–H and O–H groups in total. The Bertz CT molecular complexity index is 869. The molecule has 0 unspecified atom stereocenters. The normalized spacial score (nSPS) is 23.3. The molecule has 0 aliphatic carbocycles. The van der Waals surface area contributed by atoms with Gasteiger partial charge in [0.05, 0.1) is 24.0 Å². The lowest BCUT2D eigenvalue weighted by Gasteiger charge is -2.46. The molecule has 2 aromatic rings. The Kier molecular flexibility index (Phi) is 4.44. The van der Waals surface area contributed by atoms with Crippen LogP contribution in [0.2, 0.25) is 0 Å². The maximum atomic E-state index is 13.0. The first-order valence-electron chi connectivity index (χ1n) is 9.27. The summed E-state index contributed by atoms with van der Waals surface area (Å²) in [4.78, 5) is 35.6. The second-order valence-electron chi connectivity index (χ2n) is 7.56. The van der Waals surface area contributed by atoms with Crippen molar-refractivity contribution in [2.45, 2.75) is 18.9 Å². The third-order valence-corrected chi connectivity index (χ3v) is 5.89. The van der Waals surface area contributed by atoms with E-state index < -0.39 is 0 Å². The average molecular weight is 364 g/mol. The summed E-state index contributed by atoms with van der Waals surface area (Å²) in [5, 5.41) is 0. The third kappa shape index (κ3) is 3.10. The van der Waals surface area contributed by atoms with Gasteiger partial charge in [-0.25, -0.2) is 0 Å². The van der Waals surface area contributed by atoms with E-state index in [9.17, 15) is 9.59 Å². The first-order valence-corrected chi connectivity index (χ1v) is 9.27. The maximum Gasteiger partial charge on any atom is 0.254 e. The number of anilines is 1. The summed E-state index contributed by atoms with van der Waals surface area (Å²) in [7, 11) is 1.99. The van der Waals surface area contributed by atoms with Crippen molar-refractivity contribution < 1.29 is 9.59 Å². The van der Waals surface area contributed by atoms with Crippen LogP contribution in [0.4, 0.5) is 5.69 Å². The molecule has 0 bridgehead atoms. The first-order chi connectivity index (χ1) is 13.0. The molecule has 140 valence electrons. The summed E-state index contributed by atoms with van der Waals surface area (Å²) < 4.78 is 0. The lowest BCUT2D eigenvalue weighted by molar-refractivity contribution is -0.123. The van der Waals surface area contributed by atoms with E-state index >= 15 is 0 Å². The number of nitrogens with zero attached hydrogens (tertiary/aromatic N) is 4. The number of amides is 2. The number of hydrogen-bond acceptors (Lipinski definition) is 4. The molecule has 0 radical (unpaired) electrons. The molecule has 27 heavy (non-hydrogen) atoms. The number of pyridine rings is 1. The van der Waals surface area contributed by atoms with Crippen LogP contribution in [0.3, 0.4) is 0 Å². The minimum atomic E-state index is -0.220. The van der Waals surface area contributed by atoms with Gasteiger partial charge in [-0.15, -0.1) is 0 Å². The van der Waals surface area contributed by atoms with Crippen LogP contribution in [0.25, 0.3) is 0 Å². The van der Waals surface area contributed by atoms with E-state index in [-0.39, 0.29) is 17.4 Å². The van der Waals surface area contributed by atoms with Gasteiger partial charge in [0.1, 0.15) is 0 Å². The van der Waals surface area contributed by atoms with E-state index in [0.717, 1.165) is 23.2 Å². The molecule has 2 fully saturated rings. The Morgan fingerprint density at radius 3 is 2.70 bits per heavy atom. The van der Waals surface area contributed by atoms with Gasteiger partial charge >= 0.3 is 0 Å². The number of likely N-dealkylation sites (N-methyl/N-ethyl adjacent to an activating group) is 1. The van der Waals surface area contributed by atoms with E-state index in [1.165, 1.54) is 0 Å². The van der Waals surface area contributed by atoms with Crippen molar-refractivity contribution in [3.8, 4) is 0 Å². The highest BCUT2D eigenvalue weighted by molar-refractivity contribution is 5.97. The molecule has 2 saturated heterocycles. The predicted octanol–water partition coefficient (Wildman–Crippen LogP) is 1.95. The summed E-state index contributed by atoms with van der Waals surface area (Å²) in [5.74, 6) is 0.142. The van der Waals surface area contributed by atoms with Crippen molar-refractivity contribution in [1.29, 1.82) is 0 Å². The molecule has 1 atom stereocenters. The van der Waals surface area contributed by atoms with Gasteiger partial charge in [0.2, 0.25) is 5.91 Å². The quantitative estimate of drug-likeness (QED) is 0.817. The van der Waals surface area contributed by atoms with Crippen LogP contribution in [0, 0.1) is 6.92 Å². The van der Waals surface area contributed by atoms with Crippen LogP contribution in [-0.2, 0) is 4.79 Å². The number of carbonyl (C=O) groups excluding carboxylic acids is 2. The van der Waals surface area contributed by atoms with Crippen LogP contribution in [0.1, 0.15) is 22.3 Å². The molecule has 1 spiro atoms. The van der Waals surface area contributed by atoms with Crippen molar-refractivity contribution in [2.24, 2.45) is 0 Å². The summed E-state index contributed by atoms with van der Waals surface area (Å²) in [6.45, 7) is 4.22. The Labute approximate surface area is 159 Å². The van der Waals surface area contributed by atoms with Gasteiger partial charge in [-0.2, -0.15) is 0 Å². The Balaban J connectivity index is 1.57. The van der Waals surface area contributed by atoms with E-state index in [1.807, 2.05) is 60.2 Å². The number of piperazine rings is 1. The van der Waals surface area contributed by atoms with Crippen LogP contribution in [-0.4, -0.2) is 65.4 Å². The highest BCUT2D eigenvalue weighted by Gasteiger charge is 2.48. The van der Waals surface area contributed by atoms with E-state index in [0.29, 0.717) is 26.2 Å². The fourth-order valence-electron chi connectivity index (χ4n) is 4.16. The van der Waals surface area contributed by atoms with Gasteiger partial charge in [0.15, 0.2) is 0 Å². The molecule has 3 heterocycles. The highest BCUT2D eigenvalue weighted by atomic mass is 16.2. The maximum absolute atomic E-state index is 13.0. The number of rotatable bonds is 2. The summed E-state index contributed by atoms with van der Waals surface area (Å²) in [6.07, 6.45) is 4.28. The molecule has 6 heteroatoms.